The van der Waals surface area contributed by atoms with Crippen molar-refractivity contribution < 1.29 is 14.7 Å². The zero-order chi connectivity index (χ0) is 24.7. The fourth-order valence-corrected chi connectivity index (χ4v) is 5.18. The van der Waals surface area contributed by atoms with Crippen molar-refractivity contribution in [3.63, 3.8) is 0 Å². The summed E-state index contributed by atoms with van der Waals surface area (Å²) < 4.78 is 2.19. The molecular formula is C26H31ClN4O3. The highest BCUT2D eigenvalue weighted by Gasteiger charge is 2.38. The molecule has 1 aliphatic rings. The Morgan fingerprint density at radius 3 is 2.65 bits per heavy atom. The molecule has 0 saturated heterocycles. The standard InChI is InChI=1S/C26H31ClN4O3/c1-25(2,12-22(33)34)10-9-21(32)30-15-19-23(26(3,4)16-30)18-6-5-11-28-24(18)31(19)14-17-7-8-20(27)29-13-17/h5-8,11,13H,9-10,12,14-16H2,1-4H3,(H,33,34). The summed E-state index contributed by atoms with van der Waals surface area (Å²) in [5.74, 6) is -0.787. The van der Waals surface area contributed by atoms with Crippen molar-refractivity contribution in [2.45, 2.75) is 65.5 Å². The minimum atomic E-state index is -0.838. The molecule has 0 aliphatic carbocycles. The first-order valence-corrected chi connectivity index (χ1v) is 11.9. The number of aliphatic carboxylic acids is 1. The molecule has 0 saturated carbocycles. The lowest BCUT2D eigenvalue weighted by Crippen LogP contribution is -2.45. The summed E-state index contributed by atoms with van der Waals surface area (Å²) in [5.41, 5.74) is 3.52. The molecule has 7 nitrogen and oxygen atoms in total. The highest BCUT2D eigenvalue weighted by Crippen LogP contribution is 2.40. The first kappa shape index (κ1) is 24.2. The number of carbonyl (C=O) groups excluding carboxylic acids is 1. The van der Waals surface area contributed by atoms with E-state index in [1.54, 1.807) is 18.5 Å². The molecule has 1 amide bonds. The largest absolute Gasteiger partial charge is 0.481 e. The van der Waals surface area contributed by atoms with Gasteiger partial charge in [0, 0.05) is 41.9 Å². The van der Waals surface area contributed by atoms with Crippen LogP contribution in [0.1, 0.15) is 63.8 Å². The van der Waals surface area contributed by atoms with Crippen LogP contribution < -0.4 is 0 Å². The summed E-state index contributed by atoms with van der Waals surface area (Å²) in [6.07, 6.45) is 4.47. The molecule has 0 fully saturated rings. The summed E-state index contributed by atoms with van der Waals surface area (Å²) in [4.78, 5) is 35.3. The van der Waals surface area contributed by atoms with Gasteiger partial charge in [-0.3, -0.25) is 9.59 Å². The van der Waals surface area contributed by atoms with Crippen molar-refractivity contribution >= 4 is 34.5 Å². The number of pyridine rings is 2. The normalized spacial score (nSPS) is 15.4. The quantitative estimate of drug-likeness (QED) is 0.477. The van der Waals surface area contributed by atoms with Crippen LogP contribution in [0, 0.1) is 5.41 Å². The Bertz CT molecular complexity index is 1230. The average molecular weight is 483 g/mol. The third-order valence-electron chi connectivity index (χ3n) is 6.66. The minimum absolute atomic E-state index is 0.0466. The van der Waals surface area contributed by atoms with Crippen molar-refractivity contribution in [3.05, 3.63) is 58.6 Å². The molecule has 34 heavy (non-hydrogen) atoms. The smallest absolute Gasteiger partial charge is 0.303 e. The molecule has 0 aromatic carbocycles. The first-order chi connectivity index (χ1) is 16.0. The molecule has 8 heteroatoms. The Labute approximate surface area is 204 Å². The number of hydrogen-bond donors (Lipinski definition) is 1. The van der Waals surface area contributed by atoms with E-state index in [4.69, 9.17) is 16.7 Å². The molecule has 3 aromatic rings. The molecule has 0 radical (unpaired) electrons. The molecule has 3 aromatic heterocycles. The van der Waals surface area contributed by atoms with Crippen LogP contribution in [-0.4, -0.2) is 43.0 Å². The fourth-order valence-electron chi connectivity index (χ4n) is 5.07. The highest BCUT2D eigenvalue weighted by atomic mass is 35.5. The SMILES string of the molecule is CC(C)(CCC(=O)N1Cc2c(c3cccnc3n2Cc2ccc(Cl)nc2)C(C)(C)C1)CC(=O)O. The molecule has 4 heterocycles. The van der Waals surface area contributed by atoms with E-state index >= 15 is 0 Å². The second kappa shape index (κ2) is 9.02. The molecular weight excluding hydrogens is 452 g/mol. The predicted octanol–water partition coefficient (Wildman–Crippen LogP) is 5.03. The maximum atomic E-state index is 13.3. The zero-order valence-corrected chi connectivity index (χ0v) is 20.9. The van der Waals surface area contributed by atoms with Gasteiger partial charge >= 0.3 is 5.97 Å². The van der Waals surface area contributed by atoms with Crippen molar-refractivity contribution in [2.75, 3.05) is 6.54 Å². The van der Waals surface area contributed by atoms with E-state index in [2.05, 4.69) is 34.4 Å². The number of carboxylic acids is 1. The summed E-state index contributed by atoms with van der Waals surface area (Å²) in [6, 6.07) is 7.79. The Balaban J connectivity index is 1.67. The second-order valence-corrected chi connectivity index (χ2v) is 11.0. The van der Waals surface area contributed by atoms with Gasteiger partial charge in [-0.25, -0.2) is 9.97 Å². The Morgan fingerprint density at radius 1 is 1.21 bits per heavy atom. The van der Waals surface area contributed by atoms with Crippen LogP contribution in [0.2, 0.25) is 5.15 Å². The van der Waals surface area contributed by atoms with Gasteiger partial charge in [-0.2, -0.15) is 0 Å². The number of fused-ring (bicyclic) bond motifs is 3. The number of hydrogen-bond acceptors (Lipinski definition) is 4. The van der Waals surface area contributed by atoms with E-state index in [1.807, 2.05) is 30.9 Å². The monoisotopic (exact) mass is 482 g/mol. The molecule has 0 atom stereocenters. The van der Waals surface area contributed by atoms with E-state index in [1.165, 1.54) is 5.56 Å². The van der Waals surface area contributed by atoms with Crippen molar-refractivity contribution in [2.24, 2.45) is 5.41 Å². The van der Waals surface area contributed by atoms with E-state index < -0.39 is 11.4 Å². The van der Waals surface area contributed by atoms with Gasteiger partial charge in [0.15, 0.2) is 0 Å². The van der Waals surface area contributed by atoms with Crippen LogP contribution in [0.3, 0.4) is 0 Å². The summed E-state index contributed by atoms with van der Waals surface area (Å²) in [7, 11) is 0. The maximum Gasteiger partial charge on any atom is 0.303 e. The fraction of sp³-hybridized carbons (Fsp3) is 0.462. The zero-order valence-electron chi connectivity index (χ0n) is 20.1. The number of carboxylic acid groups (broad SMARTS) is 1. The van der Waals surface area contributed by atoms with Gasteiger partial charge in [0.2, 0.25) is 5.91 Å². The number of halogens is 1. The second-order valence-electron chi connectivity index (χ2n) is 10.6. The number of carbonyl (C=O) groups is 2. The van der Waals surface area contributed by atoms with Gasteiger partial charge in [-0.1, -0.05) is 45.4 Å². The summed E-state index contributed by atoms with van der Waals surface area (Å²) in [5, 5.41) is 10.7. The number of aromatic nitrogens is 3. The Kier molecular flexibility index (Phi) is 6.42. The van der Waals surface area contributed by atoms with Crippen LogP contribution in [0.4, 0.5) is 0 Å². The average Bonchev–Trinajstić information content (AvgIpc) is 3.07. The molecule has 0 unspecified atom stereocenters. The molecule has 0 bridgehead atoms. The molecule has 4 rings (SSSR count). The third kappa shape index (κ3) is 4.94. The minimum Gasteiger partial charge on any atom is -0.481 e. The van der Waals surface area contributed by atoms with E-state index in [9.17, 15) is 9.59 Å². The van der Waals surface area contributed by atoms with Gasteiger partial charge in [0.05, 0.1) is 19.5 Å². The Morgan fingerprint density at radius 2 is 1.97 bits per heavy atom. The van der Waals surface area contributed by atoms with Gasteiger partial charge in [-0.15, -0.1) is 0 Å². The summed E-state index contributed by atoms with van der Waals surface area (Å²) in [6.45, 7) is 9.81. The van der Waals surface area contributed by atoms with E-state index in [0.717, 1.165) is 22.3 Å². The van der Waals surface area contributed by atoms with Crippen LogP contribution in [0.15, 0.2) is 36.7 Å². The van der Waals surface area contributed by atoms with Crippen LogP contribution >= 0.6 is 11.6 Å². The van der Waals surface area contributed by atoms with Crippen molar-refractivity contribution in [1.29, 1.82) is 0 Å². The van der Waals surface area contributed by atoms with Crippen molar-refractivity contribution in [1.82, 2.24) is 19.4 Å². The molecule has 180 valence electrons. The predicted molar refractivity (Wildman–Crippen MR) is 132 cm³/mol. The topological polar surface area (TPSA) is 88.3 Å². The van der Waals surface area contributed by atoms with Crippen molar-refractivity contribution in [3.8, 4) is 0 Å². The lowest BCUT2D eigenvalue weighted by Gasteiger charge is -2.39. The van der Waals surface area contributed by atoms with Gasteiger partial charge < -0.3 is 14.6 Å². The lowest BCUT2D eigenvalue weighted by atomic mass is 9.79. The number of nitrogens with zero attached hydrogens (tertiary/aromatic N) is 4. The van der Waals surface area contributed by atoms with E-state index in [-0.39, 0.29) is 17.7 Å². The van der Waals surface area contributed by atoms with Gasteiger partial charge in [0.25, 0.3) is 0 Å². The first-order valence-electron chi connectivity index (χ1n) is 11.5. The third-order valence-corrected chi connectivity index (χ3v) is 6.88. The van der Waals surface area contributed by atoms with Crippen LogP contribution in [-0.2, 0) is 28.1 Å². The molecule has 0 spiro atoms. The number of rotatable bonds is 7. The number of amides is 1. The van der Waals surface area contributed by atoms with Crippen LogP contribution in [0.5, 0.6) is 0 Å². The van der Waals surface area contributed by atoms with E-state index in [0.29, 0.717) is 37.6 Å². The molecule has 1 aliphatic heterocycles. The van der Waals surface area contributed by atoms with Gasteiger partial charge in [-0.05, 0) is 41.2 Å². The van der Waals surface area contributed by atoms with Crippen LogP contribution in [0.25, 0.3) is 11.0 Å². The Hall–Kier alpha value is -2.93. The maximum absolute atomic E-state index is 13.3. The van der Waals surface area contributed by atoms with Gasteiger partial charge in [0.1, 0.15) is 10.8 Å². The highest BCUT2D eigenvalue weighted by molar-refractivity contribution is 6.29. The molecule has 1 N–H and O–H groups in total. The summed E-state index contributed by atoms with van der Waals surface area (Å²) >= 11 is 5.98. The lowest BCUT2D eigenvalue weighted by molar-refractivity contribution is -0.140.